The van der Waals surface area contributed by atoms with Gasteiger partial charge in [0.1, 0.15) is 18.1 Å². The third-order valence-corrected chi connectivity index (χ3v) is 5.81. The highest BCUT2D eigenvalue weighted by Gasteiger charge is 2.10. The standard InChI is InChI=1S/C22H16Cl2F2N2O2S/c23-17-8-9-19(21-20(17)18(24)11-27-21)28-31-16-6-4-14(5-7-16)29-12-13-2-1-3-15(10-13)30-22(25)26/h1-11,22,27-28H,12H2. The summed E-state index contributed by atoms with van der Waals surface area (Å²) in [5.41, 5.74) is 2.43. The Morgan fingerprint density at radius 1 is 0.968 bits per heavy atom. The highest BCUT2D eigenvalue weighted by Crippen LogP contribution is 2.36. The molecule has 9 heteroatoms. The van der Waals surface area contributed by atoms with Crippen LogP contribution in [0.1, 0.15) is 5.56 Å². The van der Waals surface area contributed by atoms with Crippen molar-refractivity contribution >= 4 is 51.7 Å². The topological polar surface area (TPSA) is 46.3 Å². The second kappa shape index (κ2) is 9.68. The summed E-state index contributed by atoms with van der Waals surface area (Å²) in [5, 5.41) is 1.94. The molecule has 3 aromatic carbocycles. The van der Waals surface area contributed by atoms with Gasteiger partial charge in [-0.1, -0.05) is 35.3 Å². The fourth-order valence-electron chi connectivity index (χ4n) is 2.95. The highest BCUT2D eigenvalue weighted by atomic mass is 35.5. The molecule has 0 fully saturated rings. The third kappa shape index (κ3) is 5.36. The molecule has 4 nitrogen and oxygen atoms in total. The normalized spacial score (nSPS) is 11.1. The number of ether oxygens (including phenoxy) is 2. The van der Waals surface area contributed by atoms with Gasteiger partial charge in [-0.3, -0.25) is 0 Å². The van der Waals surface area contributed by atoms with Crippen LogP contribution in [0.2, 0.25) is 10.0 Å². The van der Waals surface area contributed by atoms with Crippen LogP contribution in [0.25, 0.3) is 10.9 Å². The average molecular weight is 481 g/mol. The molecule has 4 aromatic rings. The summed E-state index contributed by atoms with van der Waals surface area (Å²) in [7, 11) is 0. The van der Waals surface area contributed by atoms with Crippen LogP contribution in [0.3, 0.4) is 0 Å². The Kier molecular flexibility index (Phi) is 6.75. The van der Waals surface area contributed by atoms with Gasteiger partial charge in [-0.2, -0.15) is 8.78 Å². The summed E-state index contributed by atoms with van der Waals surface area (Å²) in [6, 6.07) is 17.6. The van der Waals surface area contributed by atoms with Crippen LogP contribution < -0.4 is 14.2 Å². The maximum absolute atomic E-state index is 12.3. The van der Waals surface area contributed by atoms with Crippen molar-refractivity contribution in [2.24, 2.45) is 0 Å². The fraction of sp³-hybridized carbons (Fsp3) is 0.0909. The maximum atomic E-state index is 12.3. The van der Waals surface area contributed by atoms with Gasteiger partial charge in [0.15, 0.2) is 0 Å². The van der Waals surface area contributed by atoms with Crippen LogP contribution in [0.15, 0.2) is 71.8 Å². The van der Waals surface area contributed by atoms with Crippen LogP contribution in [-0.2, 0) is 6.61 Å². The van der Waals surface area contributed by atoms with E-state index < -0.39 is 6.61 Å². The number of rotatable bonds is 8. The van der Waals surface area contributed by atoms with Crippen molar-refractivity contribution in [3.05, 3.63) is 82.5 Å². The maximum Gasteiger partial charge on any atom is 0.387 e. The first-order chi connectivity index (χ1) is 15.0. The summed E-state index contributed by atoms with van der Waals surface area (Å²) in [6.45, 7) is -2.62. The van der Waals surface area contributed by atoms with Crippen molar-refractivity contribution in [2.75, 3.05) is 4.72 Å². The number of benzene rings is 3. The van der Waals surface area contributed by atoms with Gasteiger partial charge in [-0.15, -0.1) is 0 Å². The number of fused-ring (bicyclic) bond motifs is 1. The SMILES string of the molecule is FC(F)Oc1cccc(COc2ccc(SNc3ccc(Cl)c4c(Cl)c[nH]c34)cc2)c1. The minimum absolute atomic E-state index is 0.105. The van der Waals surface area contributed by atoms with E-state index in [2.05, 4.69) is 14.4 Å². The number of anilines is 1. The number of alkyl halides is 2. The number of hydrogen-bond acceptors (Lipinski definition) is 4. The average Bonchev–Trinajstić information content (AvgIpc) is 3.15. The van der Waals surface area contributed by atoms with Crippen molar-refractivity contribution in [3.63, 3.8) is 0 Å². The number of halogens is 4. The van der Waals surface area contributed by atoms with Gasteiger partial charge in [-0.25, -0.2) is 0 Å². The van der Waals surface area contributed by atoms with E-state index in [-0.39, 0.29) is 12.4 Å². The fourth-order valence-corrected chi connectivity index (χ4v) is 4.18. The molecule has 0 saturated carbocycles. The molecule has 0 aliphatic carbocycles. The lowest BCUT2D eigenvalue weighted by atomic mass is 10.2. The highest BCUT2D eigenvalue weighted by molar-refractivity contribution is 8.00. The summed E-state index contributed by atoms with van der Waals surface area (Å²) in [6.07, 6.45) is 1.70. The summed E-state index contributed by atoms with van der Waals surface area (Å²) < 4.78 is 38.1. The van der Waals surface area contributed by atoms with Crippen LogP contribution in [0, 0.1) is 0 Å². The Bertz CT molecular complexity index is 1190. The zero-order chi connectivity index (χ0) is 21.8. The molecule has 4 rings (SSSR count). The molecule has 0 aliphatic heterocycles. The van der Waals surface area contributed by atoms with Crippen LogP contribution in [0.4, 0.5) is 14.5 Å². The number of aromatic amines is 1. The second-order valence-electron chi connectivity index (χ2n) is 6.47. The quantitative estimate of drug-likeness (QED) is 0.252. The smallest absolute Gasteiger partial charge is 0.387 e. The number of aromatic nitrogens is 1. The number of H-pyrrole nitrogens is 1. The first-order valence-electron chi connectivity index (χ1n) is 9.14. The van der Waals surface area contributed by atoms with Gasteiger partial charge in [0.05, 0.1) is 21.2 Å². The Labute approximate surface area is 191 Å². The lowest BCUT2D eigenvalue weighted by Crippen LogP contribution is -2.02. The Hall–Kier alpha value is -2.61. The van der Waals surface area contributed by atoms with E-state index in [1.54, 1.807) is 24.4 Å². The molecule has 0 aliphatic rings. The van der Waals surface area contributed by atoms with E-state index >= 15 is 0 Å². The van der Waals surface area contributed by atoms with Crippen molar-refractivity contribution in [3.8, 4) is 11.5 Å². The van der Waals surface area contributed by atoms with Gasteiger partial charge < -0.3 is 19.2 Å². The predicted molar refractivity (Wildman–Crippen MR) is 122 cm³/mol. The van der Waals surface area contributed by atoms with Crippen molar-refractivity contribution < 1.29 is 18.3 Å². The van der Waals surface area contributed by atoms with E-state index in [1.807, 2.05) is 30.3 Å². The molecule has 0 saturated heterocycles. The Morgan fingerprint density at radius 3 is 2.55 bits per heavy atom. The summed E-state index contributed by atoms with van der Waals surface area (Å²) in [5.74, 6) is 0.767. The molecule has 0 bridgehead atoms. The van der Waals surface area contributed by atoms with Crippen LogP contribution >= 0.6 is 35.1 Å². The molecule has 0 spiro atoms. The minimum atomic E-state index is -2.85. The monoisotopic (exact) mass is 480 g/mol. The lowest BCUT2D eigenvalue weighted by Gasteiger charge is -2.10. The van der Waals surface area contributed by atoms with E-state index in [0.717, 1.165) is 27.0 Å². The summed E-state index contributed by atoms with van der Waals surface area (Å²) in [4.78, 5) is 4.10. The molecule has 31 heavy (non-hydrogen) atoms. The molecular formula is C22H16Cl2F2N2O2S. The molecular weight excluding hydrogens is 465 g/mol. The molecule has 0 unspecified atom stereocenters. The number of hydrogen-bond donors (Lipinski definition) is 2. The molecule has 1 aromatic heterocycles. The number of nitrogens with one attached hydrogen (secondary N) is 2. The second-order valence-corrected chi connectivity index (χ2v) is 8.17. The van der Waals surface area contributed by atoms with Gasteiger partial charge in [-0.05, 0) is 66.0 Å². The van der Waals surface area contributed by atoms with Crippen LogP contribution in [0.5, 0.6) is 11.5 Å². The molecule has 160 valence electrons. The molecule has 1 heterocycles. The minimum Gasteiger partial charge on any atom is -0.489 e. The van der Waals surface area contributed by atoms with E-state index in [0.29, 0.717) is 15.8 Å². The van der Waals surface area contributed by atoms with Crippen LogP contribution in [-0.4, -0.2) is 11.6 Å². The van der Waals surface area contributed by atoms with E-state index in [4.69, 9.17) is 27.9 Å². The van der Waals surface area contributed by atoms with Crippen molar-refractivity contribution in [1.82, 2.24) is 4.98 Å². The Morgan fingerprint density at radius 2 is 1.77 bits per heavy atom. The zero-order valence-corrected chi connectivity index (χ0v) is 18.2. The largest absolute Gasteiger partial charge is 0.489 e. The van der Waals surface area contributed by atoms with Gasteiger partial charge in [0.2, 0.25) is 0 Å². The summed E-state index contributed by atoms with van der Waals surface area (Å²) >= 11 is 13.8. The molecule has 2 N–H and O–H groups in total. The van der Waals surface area contributed by atoms with Crippen molar-refractivity contribution in [2.45, 2.75) is 18.1 Å². The third-order valence-electron chi connectivity index (χ3n) is 4.37. The molecule has 0 radical (unpaired) electrons. The predicted octanol–water partition coefficient (Wildman–Crippen LogP) is 7.77. The first kappa shape index (κ1) is 21.6. The zero-order valence-electron chi connectivity index (χ0n) is 15.9. The van der Waals surface area contributed by atoms with E-state index in [9.17, 15) is 8.78 Å². The first-order valence-corrected chi connectivity index (χ1v) is 10.7. The Balaban J connectivity index is 1.35. The van der Waals surface area contributed by atoms with Gasteiger partial charge in [0, 0.05) is 16.5 Å². The lowest BCUT2D eigenvalue weighted by molar-refractivity contribution is -0.0499. The van der Waals surface area contributed by atoms with Gasteiger partial charge >= 0.3 is 6.61 Å². The van der Waals surface area contributed by atoms with E-state index in [1.165, 1.54) is 24.1 Å². The molecule has 0 atom stereocenters. The van der Waals surface area contributed by atoms with Gasteiger partial charge in [0.25, 0.3) is 0 Å². The van der Waals surface area contributed by atoms with Crippen molar-refractivity contribution in [1.29, 1.82) is 0 Å². The molecule has 0 amide bonds.